The Hall–Kier alpha value is -2.03. The summed E-state index contributed by atoms with van der Waals surface area (Å²) in [5.74, 6) is 0.638. The zero-order valence-electron chi connectivity index (χ0n) is 15.1. The number of nitrogens with one attached hydrogen (secondary N) is 3. The van der Waals surface area contributed by atoms with Gasteiger partial charge in [0.1, 0.15) is 10.9 Å². The minimum Gasteiger partial charge on any atom is -0.351 e. The van der Waals surface area contributed by atoms with Crippen LogP contribution in [0.1, 0.15) is 32.6 Å². The number of carbonyl (C=O) groups is 1. The van der Waals surface area contributed by atoms with Gasteiger partial charge in [0, 0.05) is 22.4 Å². The van der Waals surface area contributed by atoms with Crippen molar-refractivity contribution in [3.63, 3.8) is 0 Å². The zero-order valence-corrected chi connectivity index (χ0v) is 16.7. The van der Waals surface area contributed by atoms with Crippen LogP contribution in [-0.2, 0) is 4.79 Å². The molecule has 138 valence electrons. The molecule has 0 aliphatic carbocycles. The second-order valence-corrected chi connectivity index (χ2v) is 7.93. The van der Waals surface area contributed by atoms with E-state index in [0.717, 1.165) is 26.7 Å². The quantitative estimate of drug-likeness (QED) is 0.575. The van der Waals surface area contributed by atoms with Crippen LogP contribution < -0.4 is 15.8 Å². The Balaban J connectivity index is 1.93. The van der Waals surface area contributed by atoms with E-state index in [1.165, 1.54) is 11.3 Å². The van der Waals surface area contributed by atoms with Gasteiger partial charge in [-0.05, 0) is 32.2 Å². The van der Waals surface area contributed by atoms with Gasteiger partial charge in [-0.1, -0.05) is 6.07 Å². The molecule has 0 aliphatic heterocycles. The molecule has 3 aromatic heterocycles. The molecule has 0 aliphatic rings. The van der Waals surface area contributed by atoms with E-state index in [1.54, 1.807) is 11.3 Å². The summed E-state index contributed by atoms with van der Waals surface area (Å²) in [6.45, 7) is 7.68. The van der Waals surface area contributed by atoms with E-state index in [4.69, 9.17) is 4.98 Å². The summed E-state index contributed by atoms with van der Waals surface area (Å²) in [6, 6.07) is 3.91. The first-order chi connectivity index (χ1) is 12.5. The molecule has 2 atom stereocenters. The normalized spacial score (nSPS) is 13.7. The number of nitrogens with zero attached hydrogens (tertiary/aromatic N) is 1. The van der Waals surface area contributed by atoms with Crippen LogP contribution >= 0.6 is 22.7 Å². The lowest BCUT2D eigenvalue weighted by Gasteiger charge is -2.23. The second kappa shape index (κ2) is 8.11. The molecule has 6 nitrogen and oxygen atoms in total. The minimum absolute atomic E-state index is 0.00994. The van der Waals surface area contributed by atoms with Crippen LogP contribution in [-0.4, -0.2) is 35.5 Å². The molecule has 0 spiro atoms. The summed E-state index contributed by atoms with van der Waals surface area (Å²) < 4.78 is 0. The molecule has 0 saturated carbocycles. The maximum Gasteiger partial charge on any atom is 0.275 e. The summed E-state index contributed by atoms with van der Waals surface area (Å²) in [4.78, 5) is 35.2. The van der Waals surface area contributed by atoms with Crippen LogP contribution in [0.4, 0.5) is 0 Å². The number of fused-ring (bicyclic) bond motifs is 1. The first-order valence-electron chi connectivity index (χ1n) is 8.71. The summed E-state index contributed by atoms with van der Waals surface area (Å²) in [7, 11) is 0. The molecule has 8 heteroatoms. The van der Waals surface area contributed by atoms with Crippen molar-refractivity contribution in [2.45, 2.75) is 26.8 Å². The molecule has 1 unspecified atom stereocenters. The maximum atomic E-state index is 12.7. The highest BCUT2D eigenvalue weighted by atomic mass is 32.1. The number of aromatic amines is 1. The Bertz CT molecular complexity index is 946. The molecule has 0 aromatic carbocycles. The monoisotopic (exact) mass is 391 g/mol. The van der Waals surface area contributed by atoms with Crippen LogP contribution in [0.3, 0.4) is 0 Å². The third-order valence-corrected chi connectivity index (χ3v) is 6.26. The van der Waals surface area contributed by atoms with Crippen LogP contribution in [0, 0.1) is 0 Å². The number of carbonyl (C=O) groups excluding carboxylic acids is 1. The molecule has 0 radical (unpaired) electrons. The Kier molecular flexibility index (Phi) is 5.85. The Morgan fingerprint density at radius 3 is 2.85 bits per heavy atom. The molecule has 3 N–H and O–H groups in total. The average molecular weight is 392 g/mol. The van der Waals surface area contributed by atoms with Gasteiger partial charge >= 0.3 is 0 Å². The molecule has 3 aromatic rings. The highest BCUT2D eigenvalue weighted by molar-refractivity contribution is 7.18. The Labute approximate surface area is 159 Å². The topological polar surface area (TPSA) is 79.3 Å². The van der Waals surface area contributed by atoms with Gasteiger partial charge < -0.3 is 15.2 Å². The molecular weight excluding hydrogens is 368 g/mol. The van der Waals surface area contributed by atoms with Crippen LogP contribution in [0.5, 0.6) is 0 Å². The first kappa shape index (κ1) is 18.8. The predicted octanol–water partition coefficient (Wildman–Crippen LogP) is 1.81. The van der Waals surface area contributed by atoms with E-state index in [2.05, 4.69) is 10.3 Å². The second-order valence-electron chi connectivity index (χ2n) is 6.12. The smallest absolute Gasteiger partial charge is 0.275 e. The van der Waals surface area contributed by atoms with Crippen molar-refractivity contribution in [2.75, 3.05) is 19.6 Å². The van der Waals surface area contributed by atoms with E-state index >= 15 is 0 Å². The molecule has 0 bridgehead atoms. The summed E-state index contributed by atoms with van der Waals surface area (Å²) >= 11 is 3.10. The molecular formula is C18H23N4O2S2+. The number of rotatable bonds is 7. The fourth-order valence-corrected chi connectivity index (χ4v) is 4.80. The standard InChI is InChI=1S/C18H22N4O2S2/c1-4-19-14(23)9-22(5-2)11(3)16-20-17(24)15-12(10-26-18(15)21-16)13-7-6-8-25-13/h6-8,10-11H,4-5,9H2,1-3H3,(H,19,23)(H,20,21,24)/p+1/t11-/m0/s1. The number of amides is 1. The van der Waals surface area contributed by atoms with Crippen molar-refractivity contribution in [1.82, 2.24) is 15.3 Å². The zero-order chi connectivity index (χ0) is 18.7. The molecule has 3 heterocycles. The number of hydrogen-bond donors (Lipinski definition) is 3. The number of hydrogen-bond acceptors (Lipinski definition) is 5. The lowest BCUT2D eigenvalue weighted by atomic mass is 10.2. The third kappa shape index (κ3) is 3.72. The first-order valence-corrected chi connectivity index (χ1v) is 10.5. The minimum atomic E-state index is -0.116. The number of thiophene rings is 2. The van der Waals surface area contributed by atoms with E-state index < -0.39 is 0 Å². The van der Waals surface area contributed by atoms with Gasteiger partial charge in [0.05, 0.1) is 11.9 Å². The fourth-order valence-electron chi connectivity index (χ4n) is 3.03. The van der Waals surface area contributed by atoms with Gasteiger partial charge in [-0.2, -0.15) is 0 Å². The van der Waals surface area contributed by atoms with Gasteiger partial charge in [0.2, 0.25) is 0 Å². The van der Waals surface area contributed by atoms with Crippen molar-refractivity contribution in [2.24, 2.45) is 0 Å². The lowest BCUT2D eigenvalue weighted by Crippen LogP contribution is -3.13. The number of aromatic nitrogens is 2. The molecule has 26 heavy (non-hydrogen) atoms. The molecule has 1 amide bonds. The maximum absolute atomic E-state index is 12.7. The van der Waals surface area contributed by atoms with Crippen molar-refractivity contribution >= 4 is 38.8 Å². The number of likely N-dealkylation sites (N-methyl/N-ethyl adjacent to an activating group) is 2. The number of quaternary nitrogens is 1. The van der Waals surface area contributed by atoms with Crippen molar-refractivity contribution < 1.29 is 9.69 Å². The summed E-state index contributed by atoms with van der Waals surface area (Å²) in [6.07, 6.45) is 0. The Morgan fingerprint density at radius 1 is 1.38 bits per heavy atom. The molecule has 0 fully saturated rings. The van der Waals surface area contributed by atoms with Crippen LogP contribution in [0.15, 0.2) is 27.7 Å². The van der Waals surface area contributed by atoms with Crippen LogP contribution in [0.25, 0.3) is 20.7 Å². The van der Waals surface area contributed by atoms with Gasteiger partial charge in [0.15, 0.2) is 12.4 Å². The average Bonchev–Trinajstić information content (AvgIpc) is 3.28. The van der Waals surface area contributed by atoms with E-state index in [-0.39, 0.29) is 17.5 Å². The van der Waals surface area contributed by atoms with Gasteiger partial charge in [0.25, 0.3) is 11.5 Å². The van der Waals surface area contributed by atoms with E-state index in [1.807, 2.05) is 43.7 Å². The SMILES string of the molecule is CCNC(=O)C[NH+](CC)[C@@H](C)c1nc2scc(-c3cccs3)c2c(=O)[nH]1. The number of H-pyrrole nitrogens is 1. The van der Waals surface area contributed by atoms with E-state index in [0.29, 0.717) is 24.3 Å². The van der Waals surface area contributed by atoms with Gasteiger partial charge in [-0.3, -0.25) is 9.59 Å². The Morgan fingerprint density at radius 2 is 2.19 bits per heavy atom. The summed E-state index contributed by atoms with van der Waals surface area (Å²) in [5, 5.41) is 7.47. The highest BCUT2D eigenvalue weighted by Gasteiger charge is 2.24. The highest BCUT2D eigenvalue weighted by Crippen LogP contribution is 2.33. The van der Waals surface area contributed by atoms with Crippen LogP contribution in [0.2, 0.25) is 0 Å². The van der Waals surface area contributed by atoms with Crippen molar-refractivity contribution in [1.29, 1.82) is 0 Å². The predicted molar refractivity (Wildman–Crippen MR) is 107 cm³/mol. The molecule has 3 rings (SSSR count). The van der Waals surface area contributed by atoms with E-state index in [9.17, 15) is 9.59 Å². The van der Waals surface area contributed by atoms with Crippen molar-refractivity contribution in [3.05, 3.63) is 39.1 Å². The van der Waals surface area contributed by atoms with Crippen molar-refractivity contribution in [3.8, 4) is 10.4 Å². The fraction of sp³-hybridized carbons (Fsp3) is 0.389. The summed E-state index contributed by atoms with van der Waals surface area (Å²) in [5.41, 5.74) is 0.824. The molecule has 0 saturated heterocycles. The van der Waals surface area contributed by atoms with Gasteiger partial charge in [-0.15, -0.1) is 22.7 Å². The lowest BCUT2D eigenvalue weighted by molar-refractivity contribution is -0.921. The third-order valence-electron chi connectivity index (χ3n) is 4.49. The largest absolute Gasteiger partial charge is 0.351 e. The van der Waals surface area contributed by atoms with Gasteiger partial charge in [-0.25, -0.2) is 4.98 Å².